The van der Waals surface area contributed by atoms with Gasteiger partial charge in [0.05, 0.1) is 0 Å². The molecule has 0 spiro atoms. The lowest BCUT2D eigenvalue weighted by molar-refractivity contribution is 0.581. The van der Waals surface area contributed by atoms with E-state index in [0.29, 0.717) is 27.5 Å². The fourth-order valence-electron chi connectivity index (χ4n) is 2.76. The minimum absolute atomic E-state index is 0.223. The Balaban J connectivity index is 1.85. The van der Waals surface area contributed by atoms with E-state index in [2.05, 4.69) is 4.98 Å². The minimum atomic E-state index is -0.644. The number of halogens is 3. The Morgan fingerprint density at radius 1 is 1.00 bits per heavy atom. The topological polar surface area (TPSA) is 34.9 Å². The fraction of sp³-hybridized carbons (Fsp3) is 0.200. The predicted octanol–water partition coefficient (Wildman–Crippen LogP) is 4.39. The van der Waals surface area contributed by atoms with Crippen molar-refractivity contribution in [2.24, 2.45) is 7.05 Å². The van der Waals surface area contributed by atoms with Gasteiger partial charge in [0.2, 0.25) is 0 Å². The maximum Gasteiger partial charge on any atom is 0.257 e. The Kier molecular flexibility index (Phi) is 5.70. The average Bonchev–Trinajstić information content (AvgIpc) is 2.60. The number of benzene rings is 2. The highest BCUT2D eigenvalue weighted by Gasteiger charge is 2.14. The van der Waals surface area contributed by atoms with Crippen LogP contribution < -0.4 is 5.56 Å². The van der Waals surface area contributed by atoms with Crippen LogP contribution >= 0.6 is 11.8 Å². The Morgan fingerprint density at radius 3 is 2.33 bits per heavy atom. The molecule has 1 aromatic heterocycles. The molecule has 0 unspecified atom stereocenters. The first-order chi connectivity index (χ1) is 12.8. The summed E-state index contributed by atoms with van der Waals surface area (Å²) in [5, 5.41) is 0.449. The van der Waals surface area contributed by atoms with E-state index in [1.165, 1.54) is 40.6 Å². The summed E-state index contributed by atoms with van der Waals surface area (Å²) < 4.78 is 41.4. The molecule has 140 valence electrons. The van der Waals surface area contributed by atoms with Crippen LogP contribution in [0.1, 0.15) is 22.4 Å². The second-order valence-corrected chi connectivity index (χ2v) is 7.14. The van der Waals surface area contributed by atoms with Crippen LogP contribution in [0.2, 0.25) is 0 Å². The number of thioether (sulfide) groups is 1. The van der Waals surface area contributed by atoms with Gasteiger partial charge in [0.25, 0.3) is 5.56 Å². The van der Waals surface area contributed by atoms with Crippen molar-refractivity contribution in [3.63, 3.8) is 0 Å². The highest BCUT2D eigenvalue weighted by Crippen LogP contribution is 2.22. The first-order valence-electron chi connectivity index (χ1n) is 8.22. The Bertz CT molecular complexity index is 1030. The van der Waals surface area contributed by atoms with Crippen molar-refractivity contribution >= 4 is 11.8 Å². The second kappa shape index (κ2) is 8.00. The fourth-order valence-corrected chi connectivity index (χ4v) is 3.70. The summed E-state index contributed by atoms with van der Waals surface area (Å²) in [6, 6.07) is 9.40. The third-order valence-electron chi connectivity index (χ3n) is 4.11. The monoisotopic (exact) mass is 390 g/mol. The zero-order chi connectivity index (χ0) is 19.6. The molecule has 0 bridgehead atoms. The highest BCUT2D eigenvalue weighted by atomic mass is 32.2. The molecule has 3 aromatic rings. The first kappa shape index (κ1) is 19.2. The van der Waals surface area contributed by atoms with E-state index in [1.807, 2.05) is 0 Å². The SMILES string of the molecule is Cc1nc(SCc2cc(F)cc(F)c2)n(C)c(=O)c1Cc1cccc(F)c1. The van der Waals surface area contributed by atoms with Gasteiger partial charge in [-0.25, -0.2) is 18.2 Å². The largest absolute Gasteiger partial charge is 0.291 e. The molecule has 7 heteroatoms. The van der Waals surface area contributed by atoms with Gasteiger partial charge in [0, 0.05) is 36.5 Å². The van der Waals surface area contributed by atoms with Gasteiger partial charge in [-0.3, -0.25) is 9.36 Å². The van der Waals surface area contributed by atoms with E-state index >= 15 is 0 Å². The van der Waals surface area contributed by atoms with Crippen LogP contribution in [0.3, 0.4) is 0 Å². The van der Waals surface area contributed by atoms with Gasteiger partial charge in [-0.2, -0.15) is 0 Å². The Hall–Kier alpha value is -2.54. The van der Waals surface area contributed by atoms with E-state index in [0.717, 1.165) is 6.07 Å². The Labute approximate surface area is 158 Å². The van der Waals surface area contributed by atoms with E-state index < -0.39 is 11.6 Å². The number of aromatic nitrogens is 2. The van der Waals surface area contributed by atoms with E-state index in [4.69, 9.17) is 0 Å². The summed E-state index contributed by atoms with van der Waals surface area (Å²) in [6.45, 7) is 1.72. The lowest BCUT2D eigenvalue weighted by atomic mass is 10.1. The zero-order valence-electron chi connectivity index (χ0n) is 14.8. The summed E-state index contributed by atoms with van der Waals surface area (Å²) in [5.41, 5.74) is 1.97. The summed E-state index contributed by atoms with van der Waals surface area (Å²) >= 11 is 1.22. The van der Waals surface area contributed by atoms with Gasteiger partial charge in [-0.05, 0) is 42.3 Å². The lowest BCUT2D eigenvalue weighted by Gasteiger charge is -2.12. The van der Waals surface area contributed by atoms with Crippen molar-refractivity contribution in [2.75, 3.05) is 0 Å². The average molecular weight is 390 g/mol. The highest BCUT2D eigenvalue weighted by molar-refractivity contribution is 7.98. The molecule has 0 aliphatic carbocycles. The summed E-state index contributed by atoms with van der Waals surface area (Å²) in [7, 11) is 1.60. The summed E-state index contributed by atoms with van der Waals surface area (Å²) in [4.78, 5) is 17.2. The molecule has 0 atom stereocenters. The molecule has 0 N–H and O–H groups in total. The maximum atomic E-state index is 13.4. The van der Waals surface area contributed by atoms with Gasteiger partial charge in [0.1, 0.15) is 17.5 Å². The number of rotatable bonds is 5. The molecule has 3 nitrogen and oxygen atoms in total. The van der Waals surface area contributed by atoms with Crippen molar-refractivity contribution in [1.82, 2.24) is 9.55 Å². The molecule has 0 saturated carbocycles. The first-order valence-corrected chi connectivity index (χ1v) is 9.21. The van der Waals surface area contributed by atoms with Crippen molar-refractivity contribution < 1.29 is 13.2 Å². The van der Waals surface area contributed by atoms with E-state index in [-0.39, 0.29) is 23.6 Å². The number of nitrogens with zero attached hydrogens (tertiary/aromatic N) is 2. The zero-order valence-corrected chi connectivity index (χ0v) is 15.6. The van der Waals surface area contributed by atoms with Crippen LogP contribution in [0.15, 0.2) is 52.4 Å². The minimum Gasteiger partial charge on any atom is -0.291 e. The van der Waals surface area contributed by atoms with Crippen LogP contribution in [-0.2, 0) is 19.2 Å². The van der Waals surface area contributed by atoms with Crippen molar-refractivity contribution in [2.45, 2.75) is 24.3 Å². The number of aryl methyl sites for hydroxylation is 1. The van der Waals surface area contributed by atoms with Crippen LogP contribution in [0.5, 0.6) is 0 Å². The number of hydrogen-bond acceptors (Lipinski definition) is 3. The molecule has 0 aliphatic rings. The molecular formula is C20H17F3N2OS. The molecule has 3 rings (SSSR count). The maximum absolute atomic E-state index is 13.4. The molecule has 1 heterocycles. The molecular weight excluding hydrogens is 373 g/mol. The molecule has 0 saturated heterocycles. The van der Waals surface area contributed by atoms with Crippen molar-refractivity contribution in [1.29, 1.82) is 0 Å². The normalized spacial score (nSPS) is 11.0. The van der Waals surface area contributed by atoms with Crippen LogP contribution in [0.25, 0.3) is 0 Å². The molecule has 27 heavy (non-hydrogen) atoms. The van der Waals surface area contributed by atoms with E-state index in [1.54, 1.807) is 26.1 Å². The molecule has 0 aliphatic heterocycles. The van der Waals surface area contributed by atoms with Gasteiger partial charge in [-0.1, -0.05) is 23.9 Å². The Morgan fingerprint density at radius 2 is 1.67 bits per heavy atom. The smallest absolute Gasteiger partial charge is 0.257 e. The molecule has 0 radical (unpaired) electrons. The van der Waals surface area contributed by atoms with Gasteiger partial charge in [0.15, 0.2) is 5.16 Å². The van der Waals surface area contributed by atoms with Gasteiger partial charge >= 0.3 is 0 Å². The van der Waals surface area contributed by atoms with Crippen LogP contribution in [0, 0.1) is 24.4 Å². The quantitative estimate of drug-likeness (QED) is 0.479. The molecule has 0 amide bonds. The van der Waals surface area contributed by atoms with Crippen LogP contribution in [0.4, 0.5) is 13.2 Å². The van der Waals surface area contributed by atoms with E-state index in [9.17, 15) is 18.0 Å². The third-order valence-corrected chi connectivity index (χ3v) is 5.21. The third kappa shape index (κ3) is 4.60. The van der Waals surface area contributed by atoms with Crippen LogP contribution in [-0.4, -0.2) is 9.55 Å². The number of hydrogen-bond donors (Lipinski definition) is 0. The standard InChI is InChI=1S/C20H17F3N2OS/c1-12-18(9-13-4-3-5-15(21)6-13)19(26)25(2)20(24-12)27-11-14-7-16(22)10-17(23)8-14/h3-8,10H,9,11H2,1-2H3. The predicted molar refractivity (Wildman–Crippen MR) is 99.3 cm³/mol. The van der Waals surface area contributed by atoms with Gasteiger partial charge in [-0.15, -0.1) is 0 Å². The van der Waals surface area contributed by atoms with Crippen molar-refractivity contribution in [3.8, 4) is 0 Å². The van der Waals surface area contributed by atoms with Gasteiger partial charge < -0.3 is 0 Å². The lowest BCUT2D eigenvalue weighted by Crippen LogP contribution is -2.25. The second-order valence-electron chi connectivity index (χ2n) is 6.20. The molecule has 0 fully saturated rings. The molecule has 2 aromatic carbocycles. The van der Waals surface area contributed by atoms with Crippen molar-refractivity contribution in [3.05, 3.63) is 92.7 Å². The summed E-state index contributed by atoms with van der Waals surface area (Å²) in [6.07, 6.45) is 0.281. The summed E-state index contributed by atoms with van der Waals surface area (Å²) in [5.74, 6) is -1.37.